The molecule has 0 aliphatic carbocycles. The molecule has 7 nitrogen and oxygen atoms in total. The molecule has 0 bridgehead atoms. The van der Waals surface area contributed by atoms with Gasteiger partial charge in [0.05, 0.1) is 0 Å². The van der Waals surface area contributed by atoms with E-state index in [1.54, 1.807) is 18.2 Å². The SMILES string of the molecule is C=CCNc1nc(NCC=C)nc(N2CCC(N(C)c3ccc(F)c4ccccc34)CC2)n1. The van der Waals surface area contributed by atoms with E-state index in [4.69, 9.17) is 0 Å². The van der Waals surface area contributed by atoms with E-state index in [1.165, 1.54) is 0 Å². The first-order chi connectivity index (χ1) is 16.1. The maximum atomic E-state index is 14.3. The van der Waals surface area contributed by atoms with Crippen LogP contribution in [-0.2, 0) is 0 Å². The quantitative estimate of drug-likeness (QED) is 0.469. The molecular weight excluding hydrogens is 417 g/mol. The number of benzene rings is 2. The summed E-state index contributed by atoms with van der Waals surface area (Å²) in [6.07, 6.45) is 5.42. The van der Waals surface area contributed by atoms with Gasteiger partial charge in [-0.3, -0.25) is 0 Å². The van der Waals surface area contributed by atoms with Crippen LogP contribution in [0.5, 0.6) is 0 Å². The van der Waals surface area contributed by atoms with Gasteiger partial charge in [-0.15, -0.1) is 13.2 Å². The lowest BCUT2D eigenvalue weighted by atomic mass is 10.0. The Labute approximate surface area is 194 Å². The minimum Gasteiger partial charge on any atom is -0.371 e. The molecule has 1 aromatic heterocycles. The Morgan fingerprint density at radius 1 is 0.970 bits per heavy atom. The summed E-state index contributed by atoms with van der Waals surface area (Å²) < 4.78 is 14.3. The van der Waals surface area contributed by atoms with Crippen molar-refractivity contribution in [3.05, 3.63) is 67.5 Å². The van der Waals surface area contributed by atoms with Gasteiger partial charge in [-0.2, -0.15) is 15.0 Å². The fraction of sp³-hybridized carbons (Fsp3) is 0.320. The Hall–Kier alpha value is -3.68. The third-order valence-corrected chi connectivity index (χ3v) is 5.96. The van der Waals surface area contributed by atoms with Crippen LogP contribution in [0.4, 0.5) is 27.9 Å². The molecule has 1 aliphatic rings. The fourth-order valence-electron chi connectivity index (χ4n) is 4.20. The molecule has 0 spiro atoms. The van der Waals surface area contributed by atoms with E-state index in [1.807, 2.05) is 30.3 Å². The molecule has 3 aromatic rings. The predicted molar refractivity (Wildman–Crippen MR) is 135 cm³/mol. The van der Waals surface area contributed by atoms with E-state index < -0.39 is 0 Å². The van der Waals surface area contributed by atoms with Crippen LogP contribution in [0.25, 0.3) is 10.8 Å². The third kappa shape index (κ3) is 5.05. The number of piperidine rings is 1. The van der Waals surface area contributed by atoms with Crippen molar-refractivity contribution in [2.45, 2.75) is 18.9 Å². The first kappa shape index (κ1) is 22.5. The Balaban J connectivity index is 1.49. The summed E-state index contributed by atoms with van der Waals surface area (Å²) in [7, 11) is 2.09. The molecule has 0 radical (unpaired) electrons. The Kier molecular flexibility index (Phi) is 7.02. The van der Waals surface area contributed by atoms with Crippen LogP contribution in [0.2, 0.25) is 0 Å². The molecule has 1 fully saturated rings. The molecule has 1 saturated heterocycles. The van der Waals surface area contributed by atoms with Crippen LogP contribution in [0.15, 0.2) is 61.7 Å². The monoisotopic (exact) mass is 447 g/mol. The van der Waals surface area contributed by atoms with Crippen LogP contribution >= 0.6 is 0 Å². The van der Waals surface area contributed by atoms with Crippen molar-refractivity contribution in [2.24, 2.45) is 0 Å². The Morgan fingerprint density at radius 2 is 1.58 bits per heavy atom. The molecule has 2 aromatic carbocycles. The second kappa shape index (κ2) is 10.3. The lowest BCUT2D eigenvalue weighted by molar-refractivity contribution is 0.478. The summed E-state index contributed by atoms with van der Waals surface area (Å²) in [5, 5.41) is 7.89. The van der Waals surface area contributed by atoms with Crippen LogP contribution < -0.4 is 20.4 Å². The molecule has 172 valence electrons. The number of fused-ring (bicyclic) bond motifs is 1. The van der Waals surface area contributed by atoms with Gasteiger partial charge < -0.3 is 20.4 Å². The average Bonchev–Trinajstić information content (AvgIpc) is 2.86. The Morgan fingerprint density at radius 3 is 2.18 bits per heavy atom. The molecular formula is C25H30FN7. The van der Waals surface area contributed by atoms with E-state index in [0.29, 0.717) is 42.4 Å². The van der Waals surface area contributed by atoms with Crippen molar-refractivity contribution in [1.82, 2.24) is 15.0 Å². The highest BCUT2D eigenvalue weighted by Gasteiger charge is 2.26. The number of halogens is 1. The summed E-state index contributed by atoms with van der Waals surface area (Å²) in [6.45, 7) is 10.3. The molecule has 0 saturated carbocycles. The van der Waals surface area contributed by atoms with Crippen molar-refractivity contribution in [3.63, 3.8) is 0 Å². The smallest absolute Gasteiger partial charge is 0.231 e. The molecule has 8 heteroatoms. The van der Waals surface area contributed by atoms with Gasteiger partial charge >= 0.3 is 0 Å². The van der Waals surface area contributed by atoms with Crippen LogP contribution in [0.3, 0.4) is 0 Å². The second-order valence-electron chi connectivity index (χ2n) is 8.06. The van der Waals surface area contributed by atoms with E-state index in [2.05, 4.69) is 55.6 Å². The van der Waals surface area contributed by atoms with Crippen LogP contribution in [0, 0.1) is 5.82 Å². The van der Waals surface area contributed by atoms with Crippen LogP contribution in [-0.4, -0.2) is 54.2 Å². The lowest BCUT2D eigenvalue weighted by Gasteiger charge is -2.38. The highest BCUT2D eigenvalue weighted by atomic mass is 19.1. The first-order valence-electron chi connectivity index (χ1n) is 11.2. The number of rotatable bonds is 9. The molecule has 0 atom stereocenters. The van der Waals surface area contributed by atoms with Crippen molar-refractivity contribution in [3.8, 4) is 0 Å². The van der Waals surface area contributed by atoms with Gasteiger partial charge in [0.1, 0.15) is 5.82 Å². The lowest BCUT2D eigenvalue weighted by Crippen LogP contribution is -2.44. The summed E-state index contributed by atoms with van der Waals surface area (Å²) >= 11 is 0. The summed E-state index contributed by atoms with van der Waals surface area (Å²) in [4.78, 5) is 18.1. The average molecular weight is 448 g/mol. The predicted octanol–water partition coefficient (Wildman–Crippen LogP) is 4.46. The zero-order chi connectivity index (χ0) is 23.2. The number of nitrogens with one attached hydrogen (secondary N) is 2. The molecule has 4 rings (SSSR count). The summed E-state index contributed by atoms with van der Waals surface area (Å²) in [5.41, 5.74) is 1.05. The largest absolute Gasteiger partial charge is 0.371 e. The van der Waals surface area contributed by atoms with Crippen molar-refractivity contribution in [2.75, 3.05) is 53.7 Å². The van der Waals surface area contributed by atoms with Crippen molar-refractivity contribution in [1.29, 1.82) is 0 Å². The second-order valence-corrected chi connectivity index (χ2v) is 8.06. The van der Waals surface area contributed by atoms with Gasteiger partial charge in [0.15, 0.2) is 0 Å². The zero-order valence-corrected chi connectivity index (χ0v) is 19.0. The molecule has 0 unspecified atom stereocenters. The molecule has 2 N–H and O–H groups in total. The van der Waals surface area contributed by atoms with Gasteiger partial charge in [-0.1, -0.05) is 36.4 Å². The third-order valence-electron chi connectivity index (χ3n) is 5.96. The standard InChI is InChI=1S/C25H30FN7/c1-4-14-27-23-29-24(28-15-5-2)31-25(30-23)33-16-12-18(13-17-33)32(3)22-11-10-21(26)19-8-6-7-9-20(19)22/h4-11,18H,1-2,12-17H2,3H3,(H2,27,28,29,30,31). The van der Waals surface area contributed by atoms with Gasteiger partial charge in [0.25, 0.3) is 0 Å². The topological polar surface area (TPSA) is 69.2 Å². The van der Waals surface area contributed by atoms with Crippen LogP contribution in [0.1, 0.15) is 12.8 Å². The number of hydrogen-bond donors (Lipinski definition) is 2. The highest BCUT2D eigenvalue weighted by molar-refractivity contribution is 5.94. The fourth-order valence-corrected chi connectivity index (χ4v) is 4.20. The first-order valence-corrected chi connectivity index (χ1v) is 11.2. The number of aromatic nitrogens is 3. The normalized spacial score (nSPS) is 14.2. The molecule has 33 heavy (non-hydrogen) atoms. The Bertz CT molecular complexity index is 1090. The maximum Gasteiger partial charge on any atom is 0.231 e. The van der Waals surface area contributed by atoms with Gasteiger partial charge in [0, 0.05) is 55.7 Å². The van der Waals surface area contributed by atoms with E-state index in [0.717, 1.165) is 37.0 Å². The number of anilines is 4. The summed E-state index contributed by atoms with van der Waals surface area (Å²) in [6, 6.07) is 11.4. The minimum atomic E-state index is -0.186. The van der Waals surface area contributed by atoms with E-state index in [-0.39, 0.29) is 5.82 Å². The minimum absolute atomic E-state index is 0.186. The number of hydrogen-bond acceptors (Lipinski definition) is 7. The highest BCUT2D eigenvalue weighted by Crippen LogP contribution is 2.31. The molecule has 0 amide bonds. The van der Waals surface area contributed by atoms with E-state index >= 15 is 0 Å². The summed E-state index contributed by atoms with van der Waals surface area (Å²) in [5.74, 6) is 1.50. The van der Waals surface area contributed by atoms with Crippen molar-refractivity contribution < 1.29 is 4.39 Å². The van der Waals surface area contributed by atoms with Gasteiger partial charge in [0.2, 0.25) is 17.8 Å². The zero-order valence-electron chi connectivity index (χ0n) is 19.0. The maximum absolute atomic E-state index is 14.3. The van der Waals surface area contributed by atoms with Crippen molar-refractivity contribution >= 4 is 34.3 Å². The molecule has 2 heterocycles. The van der Waals surface area contributed by atoms with Gasteiger partial charge in [-0.25, -0.2) is 4.39 Å². The van der Waals surface area contributed by atoms with Gasteiger partial charge in [-0.05, 0) is 25.0 Å². The van der Waals surface area contributed by atoms with E-state index in [9.17, 15) is 4.39 Å². The molecule has 1 aliphatic heterocycles. The number of nitrogens with zero attached hydrogens (tertiary/aromatic N) is 5.